The molecule has 0 aromatic rings. The second kappa shape index (κ2) is 11.9. The Morgan fingerprint density at radius 1 is 1.23 bits per heavy atom. The maximum absolute atomic E-state index is 5.29. The molecule has 74 valence electrons. The van der Waals surface area contributed by atoms with Crippen molar-refractivity contribution in [2.45, 2.75) is 6.42 Å². The highest BCUT2D eigenvalue weighted by Crippen LogP contribution is 1.89. The molecular weight excluding hydrogens is 279 g/mol. The van der Waals surface area contributed by atoms with E-state index in [9.17, 15) is 0 Å². The number of rotatable bonds is 8. The first-order valence-electron chi connectivity index (χ1n) is 4.21. The van der Waals surface area contributed by atoms with Crippen LogP contribution in [-0.2, 0) is 9.47 Å². The van der Waals surface area contributed by atoms with Crippen LogP contribution in [0, 0.1) is 12.3 Å². The van der Waals surface area contributed by atoms with Gasteiger partial charge in [-0.15, -0.1) is 6.42 Å². The first kappa shape index (κ1) is 12.9. The molecule has 0 saturated carbocycles. The van der Waals surface area contributed by atoms with Crippen LogP contribution >= 0.6 is 22.6 Å². The van der Waals surface area contributed by atoms with Gasteiger partial charge in [0, 0.05) is 11.0 Å². The highest BCUT2D eigenvalue weighted by molar-refractivity contribution is 14.1. The van der Waals surface area contributed by atoms with Crippen molar-refractivity contribution in [3.63, 3.8) is 0 Å². The van der Waals surface area contributed by atoms with E-state index in [0.717, 1.165) is 17.5 Å². The highest BCUT2D eigenvalue weighted by atomic mass is 127. The molecule has 0 saturated heterocycles. The van der Waals surface area contributed by atoms with E-state index in [2.05, 4.69) is 28.5 Å². The third-order valence-electron chi connectivity index (χ3n) is 1.20. The van der Waals surface area contributed by atoms with Crippen molar-refractivity contribution in [1.29, 1.82) is 0 Å². The summed E-state index contributed by atoms with van der Waals surface area (Å²) in [5.41, 5.74) is 0. The van der Waals surface area contributed by atoms with Gasteiger partial charge < -0.3 is 9.47 Å². The van der Waals surface area contributed by atoms with Crippen LogP contribution in [0.15, 0.2) is 12.2 Å². The third-order valence-corrected chi connectivity index (χ3v) is 1.97. The van der Waals surface area contributed by atoms with Crippen LogP contribution in [0.3, 0.4) is 0 Å². The van der Waals surface area contributed by atoms with Crippen LogP contribution in [0.5, 0.6) is 0 Å². The van der Waals surface area contributed by atoms with Crippen molar-refractivity contribution in [1.82, 2.24) is 0 Å². The normalized spacial score (nSPS) is 10.5. The third kappa shape index (κ3) is 12.0. The fourth-order valence-electron chi connectivity index (χ4n) is 0.630. The van der Waals surface area contributed by atoms with E-state index in [-0.39, 0.29) is 0 Å². The van der Waals surface area contributed by atoms with Crippen molar-refractivity contribution in [2.24, 2.45) is 0 Å². The lowest BCUT2D eigenvalue weighted by Gasteiger charge is -1.97. The summed E-state index contributed by atoms with van der Waals surface area (Å²) in [6, 6.07) is 0. The topological polar surface area (TPSA) is 18.5 Å². The molecule has 0 aliphatic heterocycles. The number of hydrogen-bond donors (Lipinski definition) is 0. The fourth-order valence-corrected chi connectivity index (χ4v) is 0.941. The van der Waals surface area contributed by atoms with Crippen molar-refractivity contribution < 1.29 is 9.47 Å². The summed E-state index contributed by atoms with van der Waals surface area (Å²) in [5.74, 6) is 2.40. The van der Waals surface area contributed by atoms with Crippen LogP contribution < -0.4 is 0 Å². The summed E-state index contributed by atoms with van der Waals surface area (Å²) in [6.07, 6.45) is 9.98. The summed E-state index contributed by atoms with van der Waals surface area (Å²) >= 11 is 2.33. The van der Waals surface area contributed by atoms with Gasteiger partial charge in [0.2, 0.25) is 0 Å². The van der Waals surface area contributed by atoms with E-state index < -0.39 is 0 Å². The molecule has 0 atom stereocenters. The standard InChI is InChI=1S/C10H15IO2/c1-2-7-12-8-3-4-9-13-10-5-6-11/h1,3-4H,5-10H2/b4-3-. The predicted molar refractivity (Wildman–Crippen MR) is 63.1 cm³/mol. The molecule has 0 amide bonds. The van der Waals surface area contributed by atoms with Crippen molar-refractivity contribution in [2.75, 3.05) is 30.9 Å². The maximum atomic E-state index is 5.29. The molecule has 0 aliphatic rings. The van der Waals surface area contributed by atoms with E-state index in [1.54, 1.807) is 0 Å². The molecular formula is C10H15IO2. The average molecular weight is 294 g/mol. The molecule has 2 nitrogen and oxygen atoms in total. The minimum absolute atomic E-state index is 0.375. The van der Waals surface area contributed by atoms with Gasteiger partial charge in [0.25, 0.3) is 0 Å². The molecule has 0 heterocycles. The summed E-state index contributed by atoms with van der Waals surface area (Å²) in [5, 5.41) is 0. The summed E-state index contributed by atoms with van der Waals surface area (Å²) in [4.78, 5) is 0. The predicted octanol–water partition coefficient (Wildman–Crippen LogP) is 2.03. The second-order valence-corrected chi connectivity index (χ2v) is 3.39. The van der Waals surface area contributed by atoms with Gasteiger partial charge in [-0.25, -0.2) is 0 Å². The molecule has 0 aromatic carbocycles. The summed E-state index contributed by atoms with van der Waals surface area (Å²) in [6.45, 7) is 2.44. The molecule has 0 unspecified atom stereocenters. The highest BCUT2D eigenvalue weighted by Gasteiger charge is 1.83. The average Bonchev–Trinajstić information content (AvgIpc) is 2.16. The van der Waals surface area contributed by atoms with Gasteiger partial charge in [-0.2, -0.15) is 0 Å². The second-order valence-electron chi connectivity index (χ2n) is 2.31. The van der Waals surface area contributed by atoms with E-state index in [1.165, 1.54) is 0 Å². The van der Waals surface area contributed by atoms with E-state index in [1.807, 2.05) is 12.2 Å². The lowest BCUT2D eigenvalue weighted by molar-refractivity contribution is 0.162. The number of hydrogen-bond acceptors (Lipinski definition) is 2. The molecule has 0 radical (unpaired) electrons. The lowest BCUT2D eigenvalue weighted by Crippen LogP contribution is -1.95. The fraction of sp³-hybridized carbons (Fsp3) is 0.600. The van der Waals surface area contributed by atoms with Crippen LogP contribution in [0.25, 0.3) is 0 Å². The van der Waals surface area contributed by atoms with Gasteiger partial charge in [-0.05, 0) is 6.42 Å². The Labute approximate surface area is 93.8 Å². The molecule has 0 rings (SSSR count). The van der Waals surface area contributed by atoms with Gasteiger partial charge in [-0.3, -0.25) is 0 Å². The van der Waals surface area contributed by atoms with Crippen molar-refractivity contribution >= 4 is 22.6 Å². The molecule has 0 fully saturated rings. The van der Waals surface area contributed by atoms with Gasteiger partial charge in [0.05, 0.1) is 13.2 Å². The van der Waals surface area contributed by atoms with E-state index in [4.69, 9.17) is 15.9 Å². The van der Waals surface area contributed by atoms with Crippen molar-refractivity contribution in [3.8, 4) is 12.3 Å². The molecule has 0 aliphatic carbocycles. The largest absolute Gasteiger partial charge is 0.377 e. The van der Waals surface area contributed by atoms with Crippen LogP contribution in [-0.4, -0.2) is 30.9 Å². The zero-order valence-electron chi connectivity index (χ0n) is 7.67. The Morgan fingerprint density at radius 2 is 1.92 bits per heavy atom. The first-order chi connectivity index (χ1) is 6.41. The number of alkyl halides is 1. The van der Waals surface area contributed by atoms with Crippen LogP contribution in [0.1, 0.15) is 6.42 Å². The summed E-state index contributed by atoms with van der Waals surface area (Å²) < 4.78 is 11.5. The Kier molecular flexibility index (Phi) is 11.9. The van der Waals surface area contributed by atoms with Gasteiger partial charge in [-0.1, -0.05) is 40.7 Å². The minimum atomic E-state index is 0.375. The lowest BCUT2D eigenvalue weighted by atomic mass is 10.5. The molecule has 0 bridgehead atoms. The minimum Gasteiger partial charge on any atom is -0.377 e. The Hall–Kier alpha value is -0.0500. The van der Waals surface area contributed by atoms with Gasteiger partial charge >= 0.3 is 0 Å². The number of ether oxygens (including phenoxy) is 2. The Morgan fingerprint density at radius 3 is 2.54 bits per heavy atom. The molecule has 0 N–H and O–H groups in total. The van der Waals surface area contributed by atoms with Crippen LogP contribution in [0.4, 0.5) is 0 Å². The SMILES string of the molecule is C#CCOC/C=C\COCCCI. The summed E-state index contributed by atoms with van der Waals surface area (Å²) in [7, 11) is 0. The van der Waals surface area contributed by atoms with Gasteiger partial charge in [0.15, 0.2) is 0 Å². The zero-order valence-corrected chi connectivity index (χ0v) is 9.83. The Balaban J connectivity index is 3.00. The number of terminal acetylenes is 1. The molecule has 13 heavy (non-hydrogen) atoms. The maximum Gasteiger partial charge on any atom is 0.107 e. The smallest absolute Gasteiger partial charge is 0.107 e. The van der Waals surface area contributed by atoms with E-state index in [0.29, 0.717) is 19.8 Å². The molecule has 0 spiro atoms. The van der Waals surface area contributed by atoms with E-state index >= 15 is 0 Å². The zero-order chi connectivity index (χ0) is 9.78. The number of halogens is 1. The Bertz CT molecular complexity index is 161. The first-order valence-corrected chi connectivity index (χ1v) is 5.74. The quantitative estimate of drug-likeness (QED) is 0.224. The van der Waals surface area contributed by atoms with Crippen molar-refractivity contribution in [3.05, 3.63) is 12.2 Å². The monoisotopic (exact) mass is 294 g/mol. The van der Waals surface area contributed by atoms with Gasteiger partial charge in [0.1, 0.15) is 6.61 Å². The van der Waals surface area contributed by atoms with Crippen LogP contribution in [0.2, 0.25) is 0 Å². The molecule has 0 aromatic heterocycles. The molecule has 3 heteroatoms.